The second-order valence-electron chi connectivity index (χ2n) is 7.69. The van der Waals surface area contributed by atoms with Gasteiger partial charge in [-0.25, -0.2) is 9.78 Å². The van der Waals surface area contributed by atoms with E-state index in [-0.39, 0.29) is 6.03 Å². The number of aromatic nitrogens is 1. The van der Waals surface area contributed by atoms with E-state index in [0.29, 0.717) is 29.4 Å². The van der Waals surface area contributed by atoms with Crippen molar-refractivity contribution in [2.75, 3.05) is 32.5 Å². The molecule has 1 saturated heterocycles. The Morgan fingerprint density at radius 2 is 1.81 bits per heavy atom. The molecule has 2 aromatic rings. The van der Waals surface area contributed by atoms with E-state index in [1.807, 2.05) is 41.3 Å². The number of ether oxygens (including phenoxy) is 1. The monoisotopic (exact) mass is 366 g/mol. The maximum absolute atomic E-state index is 12.7. The van der Waals surface area contributed by atoms with Crippen molar-refractivity contribution in [3.05, 3.63) is 48.7 Å². The van der Waals surface area contributed by atoms with Gasteiger partial charge in [-0.05, 0) is 57.0 Å². The largest absolute Gasteiger partial charge is 0.439 e. The van der Waals surface area contributed by atoms with Gasteiger partial charge in [0.25, 0.3) is 0 Å². The van der Waals surface area contributed by atoms with Crippen LogP contribution in [0.3, 0.4) is 0 Å². The summed E-state index contributed by atoms with van der Waals surface area (Å²) in [6.45, 7) is 1.65. The smallest absolute Gasteiger partial charge is 0.321 e. The highest BCUT2D eigenvalue weighted by Gasteiger charge is 2.44. The number of amides is 2. The molecule has 0 spiro atoms. The second-order valence-corrected chi connectivity index (χ2v) is 7.69. The van der Waals surface area contributed by atoms with Crippen LogP contribution in [0.4, 0.5) is 10.5 Å². The van der Waals surface area contributed by atoms with Crippen LogP contribution in [0.5, 0.6) is 11.6 Å². The van der Waals surface area contributed by atoms with Gasteiger partial charge in [0.2, 0.25) is 5.88 Å². The van der Waals surface area contributed by atoms with Gasteiger partial charge in [0.1, 0.15) is 5.75 Å². The Balaban J connectivity index is 1.35. The van der Waals surface area contributed by atoms with Crippen molar-refractivity contribution in [3.8, 4) is 11.6 Å². The molecule has 1 aromatic heterocycles. The van der Waals surface area contributed by atoms with Crippen molar-refractivity contribution in [1.29, 1.82) is 0 Å². The SMILES string of the molecule is CN(C)C1C2CCC1CN(C(=O)Nc1ccc(Oc3ccccc3)nc1)C2. The molecule has 1 aliphatic heterocycles. The normalized spacial score (nSPS) is 24.1. The molecular weight excluding hydrogens is 340 g/mol. The predicted molar refractivity (Wildman–Crippen MR) is 105 cm³/mol. The number of benzene rings is 1. The Kier molecular flexibility index (Phi) is 4.99. The molecule has 2 fully saturated rings. The summed E-state index contributed by atoms with van der Waals surface area (Å²) in [7, 11) is 4.30. The number of piperidine rings is 1. The maximum atomic E-state index is 12.7. The van der Waals surface area contributed by atoms with Crippen molar-refractivity contribution >= 4 is 11.7 Å². The molecule has 1 aromatic carbocycles. The number of anilines is 1. The number of likely N-dealkylation sites (tertiary alicyclic amines) is 1. The third kappa shape index (κ3) is 3.90. The van der Waals surface area contributed by atoms with Crippen LogP contribution >= 0.6 is 0 Å². The minimum atomic E-state index is -0.0392. The van der Waals surface area contributed by atoms with Crippen LogP contribution in [0.25, 0.3) is 0 Å². The van der Waals surface area contributed by atoms with E-state index in [1.54, 1.807) is 12.3 Å². The van der Waals surface area contributed by atoms with E-state index >= 15 is 0 Å². The van der Waals surface area contributed by atoms with E-state index in [2.05, 4.69) is 29.3 Å². The summed E-state index contributed by atoms with van der Waals surface area (Å²) in [4.78, 5) is 21.3. The zero-order chi connectivity index (χ0) is 18.8. The minimum absolute atomic E-state index is 0.0392. The number of fused-ring (bicyclic) bond motifs is 2. The van der Waals surface area contributed by atoms with Crippen LogP contribution in [-0.4, -0.2) is 54.0 Å². The number of carbonyl (C=O) groups is 1. The van der Waals surface area contributed by atoms with Gasteiger partial charge in [-0.1, -0.05) is 18.2 Å². The summed E-state index contributed by atoms with van der Waals surface area (Å²) in [6, 6.07) is 13.7. The van der Waals surface area contributed by atoms with Gasteiger partial charge in [0.15, 0.2) is 0 Å². The van der Waals surface area contributed by atoms with Gasteiger partial charge < -0.3 is 19.9 Å². The zero-order valence-electron chi connectivity index (χ0n) is 15.8. The number of rotatable bonds is 4. The average molecular weight is 366 g/mol. The van der Waals surface area contributed by atoms with Crippen LogP contribution in [-0.2, 0) is 0 Å². The molecule has 6 nitrogen and oxygen atoms in total. The van der Waals surface area contributed by atoms with Crippen molar-refractivity contribution in [3.63, 3.8) is 0 Å². The molecule has 2 bridgehead atoms. The molecule has 2 atom stereocenters. The molecule has 0 radical (unpaired) electrons. The fourth-order valence-electron chi connectivity index (χ4n) is 4.53. The maximum Gasteiger partial charge on any atom is 0.321 e. The number of hydrogen-bond donors (Lipinski definition) is 1. The highest BCUT2D eigenvalue weighted by molar-refractivity contribution is 5.89. The Labute approximate surface area is 160 Å². The van der Waals surface area contributed by atoms with Crippen molar-refractivity contribution < 1.29 is 9.53 Å². The molecule has 2 heterocycles. The van der Waals surface area contributed by atoms with Gasteiger partial charge in [0.05, 0.1) is 11.9 Å². The number of nitrogens with zero attached hydrogens (tertiary/aromatic N) is 3. The molecule has 2 aliphatic rings. The first-order valence-electron chi connectivity index (χ1n) is 9.51. The van der Waals surface area contributed by atoms with Gasteiger partial charge in [-0.15, -0.1) is 0 Å². The van der Waals surface area contributed by atoms with E-state index in [9.17, 15) is 4.79 Å². The summed E-state index contributed by atoms with van der Waals surface area (Å²) in [5.41, 5.74) is 0.683. The van der Waals surface area contributed by atoms with Crippen LogP contribution in [0.15, 0.2) is 48.7 Å². The fraction of sp³-hybridized carbons (Fsp3) is 0.429. The highest BCUT2D eigenvalue weighted by Crippen LogP contribution is 2.39. The molecular formula is C21H26N4O2. The first-order valence-corrected chi connectivity index (χ1v) is 9.51. The van der Waals surface area contributed by atoms with E-state index < -0.39 is 0 Å². The van der Waals surface area contributed by atoms with Crippen molar-refractivity contribution in [2.24, 2.45) is 11.8 Å². The summed E-state index contributed by atoms with van der Waals surface area (Å²) >= 11 is 0. The minimum Gasteiger partial charge on any atom is -0.439 e. The lowest BCUT2D eigenvalue weighted by molar-refractivity contribution is 0.0953. The van der Waals surface area contributed by atoms with E-state index in [1.165, 1.54) is 12.8 Å². The summed E-state index contributed by atoms with van der Waals surface area (Å²) in [5, 5.41) is 2.97. The molecule has 4 rings (SSSR count). The third-order valence-corrected chi connectivity index (χ3v) is 5.62. The first kappa shape index (κ1) is 17.8. The standard InChI is InChI=1S/C21H26N4O2/c1-24(2)20-15-8-9-16(20)14-25(13-15)21(26)23-17-10-11-19(22-12-17)27-18-6-4-3-5-7-18/h3-7,10-12,15-16,20H,8-9,13-14H2,1-2H3,(H,23,26). The number of carbonyl (C=O) groups excluding carboxylic acids is 1. The third-order valence-electron chi connectivity index (χ3n) is 5.62. The van der Waals surface area contributed by atoms with E-state index in [0.717, 1.165) is 18.8 Å². The molecule has 1 aliphatic carbocycles. The lowest BCUT2D eigenvalue weighted by Gasteiger charge is -2.41. The van der Waals surface area contributed by atoms with Crippen molar-refractivity contribution in [2.45, 2.75) is 18.9 Å². The Hall–Kier alpha value is -2.60. The summed E-state index contributed by atoms with van der Waals surface area (Å²) < 4.78 is 5.69. The van der Waals surface area contributed by atoms with Crippen LogP contribution in [0, 0.1) is 11.8 Å². The molecule has 142 valence electrons. The molecule has 2 amide bonds. The summed E-state index contributed by atoms with van der Waals surface area (Å²) in [5.74, 6) is 2.39. The van der Waals surface area contributed by atoms with Gasteiger partial charge in [-0.3, -0.25) is 0 Å². The highest BCUT2D eigenvalue weighted by atomic mass is 16.5. The molecule has 6 heteroatoms. The second kappa shape index (κ2) is 7.56. The predicted octanol–water partition coefficient (Wildman–Crippen LogP) is 3.68. The number of urea groups is 1. The lowest BCUT2D eigenvalue weighted by atomic mass is 9.91. The topological polar surface area (TPSA) is 57.7 Å². The lowest BCUT2D eigenvalue weighted by Crippen LogP contribution is -2.53. The Morgan fingerprint density at radius 3 is 2.41 bits per heavy atom. The quantitative estimate of drug-likeness (QED) is 0.897. The fourth-order valence-corrected chi connectivity index (χ4v) is 4.53. The van der Waals surface area contributed by atoms with E-state index in [4.69, 9.17) is 4.74 Å². The first-order chi connectivity index (χ1) is 13.1. The number of hydrogen-bond acceptors (Lipinski definition) is 4. The van der Waals surface area contributed by atoms with Gasteiger partial charge in [-0.2, -0.15) is 0 Å². The van der Waals surface area contributed by atoms with Crippen LogP contribution in [0.1, 0.15) is 12.8 Å². The number of nitrogens with one attached hydrogen (secondary N) is 1. The zero-order valence-corrected chi connectivity index (χ0v) is 15.8. The van der Waals surface area contributed by atoms with Crippen molar-refractivity contribution in [1.82, 2.24) is 14.8 Å². The molecule has 27 heavy (non-hydrogen) atoms. The number of pyridine rings is 1. The Morgan fingerprint density at radius 1 is 1.11 bits per heavy atom. The van der Waals surface area contributed by atoms with Crippen LogP contribution in [0.2, 0.25) is 0 Å². The Bertz CT molecular complexity index is 765. The molecule has 1 N–H and O–H groups in total. The summed E-state index contributed by atoms with van der Waals surface area (Å²) in [6.07, 6.45) is 4.06. The molecule has 1 saturated carbocycles. The average Bonchev–Trinajstić information content (AvgIpc) is 2.94. The van der Waals surface area contributed by atoms with Gasteiger partial charge in [0, 0.05) is 25.2 Å². The van der Waals surface area contributed by atoms with Crippen LogP contribution < -0.4 is 10.1 Å². The van der Waals surface area contributed by atoms with Gasteiger partial charge >= 0.3 is 6.03 Å². The number of para-hydroxylation sites is 1. The molecule has 2 unspecified atom stereocenters.